The van der Waals surface area contributed by atoms with E-state index in [0.29, 0.717) is 12.8 Å². The lowest BCUT2D eigenvalue weighted by atomic mass is 9.76. The molecule has 0 bridgehead atoms. The van der Waals surface area contributed by atoms with Gasteiger partial charge in [0.2, 0.25) is 5.82 Å². The quantitative estimate of drug-likeness (QED) is 0.813. The second-order valence-electron chi connectivity index (χ2n) is 4.99. The maximum absolute atomic E-state index is 13.7. The predicted octanol–water partition coefficient (Wildman–Crippen LogP) is 1.86. The summed E-state index contributed by atoms with van der Waals surface area (Å²) in [6.45, 7) is 0.0202. The highest BCUT2D eigenvalue weighted by Crippen LogP contribution is 2.36. The van der Waals surface area contributed by atoms with Crippen LogP contribution in [0.15, 0.2) is 6.07 Å². The van der Waals surface area contributed by atoms with Crippen LogP contribution in [0.25, 0.3) is 0 Å². The van der Waals surface area contributed by atoms with Gasteiger partial charge in [-0.2, -0.15) is 4.39 Å². The molecule has 21 heavy (non-hydrogen) atoms. The first kappa shape index (κ1) is 15.5. The molecule has 0 aromatic heterocycles. The molecule has 116 valence electrons. The van der Waals surface area contributed by atoms with E-state index < -0.39 is 28.9 Å². The van der Waals surface area contributed by atoms with E-state index in [2.05, 4.69) is 5.32 Å². The minimum absolute atomic E-state index is 0.0202. The lowest BCUT2D eigenvalue weighted by Crippen LogP contribution is -2.57. The second kappa shape index (κ2) is 5.85. The number of phenolic OH excluding ortho intramolecular Hbond substituents is 1. The number of methoxy groups -OCH3 is 2. The topological polar surface area (TPSA) is 67.8 Å². The van der Waals surface area contributed by atoms with Crippen LogP contribution in [0, 0.1) is 11.6 Å². The number of ether oxygens (including phenoxy) is 2. The largest absolute Gasteiger partial charge is 0.503 e. The Bertz CT molecular complexity index is 558. The molecule has 0 radical (unpaired) electrons. The van der Waals surface area contributed by atoms with Crippen molar-refractivity contribution < 1.29 is 28.2 Å². The van der Waals surface area contributed by atoms with Crippen LogP contribution >= 0.6 is 0 Å². The van der Waals surface area contributed by atoms with Gasteiger partial charge in [-0.3, -0.25) is 10.1 Å². The van der Waals surface area contributed by atoms with Crippen LogP contribution in [0.1, 0.15) is 24.8 Å². The molecule has 1 fully saturated rings. The summed E-state index contributed by atoms with van der Waals surface area (Å²) in [5, 5.41) is 12.2. The SMILES string of the molecule is COC(=O)C1(NCc2cc(F)c(O)c(F)c2OC)CCC1. The van der Waals surface area contributed by atoms with Crippen molar-refractivity contribution in [2.45, 2.75) is 31.3 Å². The van der Waals surface area contributed by atoms with Gasteiger partial charge in [0.1, 0.15) is 5.54 Å². The van der Waals surface area contributed by atoms with Crippen LogP contribution in [0.4, 0.5) is 8.78 Å². The summed E-state index contributed by atoms with van der Waals surface area (Å²) in [4.78, 5) is 11.8. The molecule has 1 saturated carbocycles. The van der Waals surface area contributed by atoms with Crippen molar-refractivity contribution >= 4 is 5.97 Å². The third kappa shape index (κ3) is 2.65. The Hall–Kier alpha value is -1.89. The Balaban J connectivity index is 2.22. The summed E-state index contributed by atoms with van der Waals surface area (Å²) < 4.78 is 36.8. The van der Waals surface area contributed by atoms with Crippen molar-refractivity contribution in [2.75, 3.05) is 14.2 Å². The number of rotatable bonds is 5. The van der Waals surface area contributed by atoms with Gasteiger partial charge in [0.05, 0.1) is 14.2 Å². The summed E-state index contributed by atoms with van der Waals surface area (Å²) in [7, 11) is 2.52. The molecule has 7 heteroatoms. The highest BCUT2D eigenvalue weighted by atomic mass is 19.1. The van der Waals surface area contributed by atoms with Gasteiger partial charge in [-0.05, 0) is 25.3 Å². The third-order valence-electron chi connectivity index (χ3n) is 3.83. The molecule has 1 aliphatic carbocycles. The van der Waals surface area contributed by atoms with Gasteiger partial charge in [-0.25, -0.2) is 4.39 Å². The number of carbonyl (C=O) groups is 1. The third-order valence-corrected chi connectivity index (χ3v) is 3.83. The highest BCUT2D eigenvalue weighted by molar-refractivity contribution is 5.81. The fourth-order valence-electron chi connectivity index (χ4n) is 2.44. The van der Waals surface area contributed by atoms with Crippen LogP contribution in [0.3, 0.4) is 0 Å². The molecule has 2 N–H and O–H groups in total. The maximum atomic E-state index is 13.7. The zero-order valence-electron chi connectivity index (χ0n) is 11.8. The number of aromatic hydroxyl groups is 1. The zero-order chi connectivity index (χ0) is 15.6. The Morgan fingerprint density at radius 1 is 1.43 bits per heavy atom. The Morgan fingerprint density at radius 3 is 2.57 bits per heavy atom. The zero-order valence-corrected chi connectivity index (χ0v) is 11.8. The molecule has 0 saturated heterocycles. The first-order valence-electron chi connectivity index (χ1n) is 6.52. The molecule has 1 aromatic carbocycles. The number of halogens is 2. The van der Waals surface area contributed by atoms with Crippen molar-refractivity contribution in [3.8, 4) is 11.5 Å². The Kier molecular flexibility index (Phi) is 4.32. The van der Waals surface area contributed by atoms with Crippen molar-refractivity contribution in [3.63, 3.8) is 0 Å². The van der Waals surface area contributed by atoms with E-state index in [1.165, 1.54) is 14.2 Å². The monoisotopic (exact) mass is 301 g/mol. The van der Waals surface area contributed by atoms with Crippen LogP contribution < -0.4 is 10.1 Å². The molecule has 0 atom stereocenters. The van der Waals surface area contributed by atoms with Gasteiger partial charge >= 0.3 is 5.97 Å². The van der Waals surface area contributed by atoms with E-state index in [9.17, 15) is 18.7 Å². The highest BCUT2D eigenvalue weighted by Gasteiger charge is 2.45. The van der Waals surface area contributed by atoms with Gasteiger partial charge < -0.3 is 14.6 Å². The van der Waals surface area contributed by atoms with Gasteiger partial charge in [0.15, 0.2) is 17.3 Å². The van der Waals surface area contributed by atoms with Gasteiger partial charge in [-0.1, -0.05) is 0 Å². The minimum atomic E-state index is -1.16. The van der Waals surface area contributed by atoms with Crippen molar-refractivity contribution in [1.82, 2.24) is 5.32 Å². The molecule has 0 amide bonds. The molecule has 2 rings (SSSR count). The number of benzene rings is 1. The normalized spacial score (nSPS) is 16.2. The van der Waals surface area contributed by atoms with E-state index in [1.54, 1.807) is 0 Å². The molecular formula is C14H17F2NO4. The summed E-state index contributed by atoms with van der Waals surface area (Å²) in [5.74, 6) is -3.96. The fourth-order valence-corrected chi connectivity index (χ4v) is 2.44. The first-order chi connectivity index (χ1) is 9.95. The summed E-state index contributed by atoms with van der Waals surface area (Å²) >= 11 is 0. The molecule has 0 spiro atoms. The molecular weight excluding hydrogens is 284 g/mol. The van der Waals surface area contributed by atoms with E-state index >= 15 is 0 Å². The second-order valence-corrected chi connectivity index (χ2v) is 4.99. The van der Waals surface area contributed by atoms with Crippen LogP contribution in [-0.4, -0.2) is 30.8 Å². The average Bonchev–Trinajstić information content (AvgIpc) is 2.43. The molecule has 5 nitrogen and oxygen atoms in total. The van der Waals surface area contributed by atoms with Crippen molar-refractivity contribution in [3.05, 3.63) is 23.3 Å². The first-order valence-corrected chi connectivity index (χ1v) is 6.52. The summed E-state index contributed by atoms with van der Waals surface area (Å²) in [6.07, 6.45) is 2.08. The van der Waals surface area contributed by atoms with E-state index in [4.69, 9.17) is 9.47 Å². The smallest absolute Gasteiger partial charge is 0.326 e. The predicted molar refractivity (Wildman–Crippen MR) is 70.0 cm³/mol. The molecule has 0 unspecified atom stereocenters. The number of phenols is 1. The van der Waals surface area contributed by atoms with Gasteiger partial charge in [0.25, 0.3) is 0 Å². The van der Waals surface area contributed by atoms with Crippen molar-refractivity contribution in [2.24, 2.45) is 0 Å². The number of esters is 1. The number of hydrogen-bond donors (Lipinski definition) is 2. The van der Waals surface area contributed by atoms with Gasteiger partial charge in [-0.15, -0.1) is 0 Å². The van der Waals surface area contributed by atoms with E-state index in [1.807, 2.05) is 0 Å². The lowest BCUT2D eigenvalue weighted by Gasteiger charge is -2.39. The summed E-state index contributed by atoms with van der Waals surface area (Å²) in [5.41, 5.74) is -0.634. The average molecular weight is 301 g/mol. The maximum Gasteiger partial charge on any atom is 0.326 e. The lowest BCUT2D eigenvalue weighted by molar-refractivity contribution is -0.152. The number of nitrogens with one attached hydrogen (secondary N) is 1. The van der Waals surface area contributed by atoms with Crippen LogP contribution in [0.2, 0.25) is 0 Å². The number of carbonyl (C=O) groups excluding carboxylic acids is 1. The minimum Gasteiger partial charge on any atom is -0.503 e. The van der Waals surface area contributed by atoms with Crippen molar-refractivity contribution in [1.29, 1.82) is 0 Å². The Labute approximate surface area is 120 Å². The molecule has 0 heterocycles. The molecule has 1 aliphatic rings. The molecule has 0 aliphatic heterocycles. The fraction of sp³-hybridized carbons (Fsp3) is 0.500. The standard InChI is InChI=1S/C14H17F2NO4/c1-20-12-8(6-9(15)11(18)10(12)16)7-17-14(4-3-5-14)13(19)21-2/h6,17-18H,3-5,7H2,1-2H3. The summed E-state index contributed by atoms with van der Waals surface area (Å²) in [6, 6.07) is 0.980. The van der Waals surface area contributed by atoms with Crippen LogP contribution in [0.5, 0.6) is 11.5 Å². The molecule has 1 aromatic rings. The number of hydrogen-bond acceptors (Lipinski definition) is 5. The Morgan fingerprint density at radius 2 is 2.10 bits per heavy atom. The van der Waals surface area contributed by atoms with Gasteiger partial charge in [0, 0.05) is 12.1 Å². The van der Waals surface area contributed by atoms with E-state index in [-0.39, 0.29) is 17.9 Å². The van der Waals surface area contributed by atoms with Crippen LogP contribution in [-0.2, 0) is 16.1 Å². The van der Waals surface area contributed by atoms with E-state index in [0.717, 1.165) is 12.5 Å².